The minimum Gasteiger partial charge on any atom is -0.345 e. The summed E-state index contributed by atoms with van der Waals surface area (Å²) in [7, 11) is 2.11. The fourth-order valence-corrected chi connectivity index (χ4v) is 3.15. The van der Waals surface area contributed by atoms with Crippen LogP contribution in [0.3, 0.4) is 0 Å². The molecule has 19 heavy (non-hydrogen) atoms. The Bertz CT molecular complexity index is 619. The van der Waals surface area contributed by atoms with Gasteiger partial charge in [-0.15, -0.1) is 0 Å². The van der Waals surface area contributed by atoms with E-state index in [-0.39, 0.29) is 10.6 Å². The van der Waals surface area contributed by atoms with E-state index >= 15 is 0 Å². The number of non-ortho nitro benzene ring substituents is 1. The minimum atomic E-state index is -0.381. The summed E-state index contributed by atoms with van der Waals surface area (Å²) in [5.41, 5.74) is 0.816. The van der Waals surface area contributed by atoms with Crippen molar-refractivity contribution in [2.75, 3.05) is 38.1 Å². The zero-order valence-corrected chi connectivity index (χ0v) is 11.4. The second-order valence-corrected chi connectivity index (χ2v) is 5.71. The number of nitrogens with zero attached hydrogens (tertiary/aromatic N) is 4. The van der Waals surface area contributed by atoms with Crippen molar-refractivity contribution in [2.24, 2.45) is 0 Å². The van der Waals surface area contributed by atoms with Crippen LogP contribution < -0.4 is 4.90 Å². The molecule has 0 saturated carbocycles. The van der Waals surface area contributed by atoms with Gasteiger partial charge in [0.1, 0.15) is 0 Å². The second kappa shape index (κ2) is 4.75. The Morgan fingerprint density at radius 3 is 2.74 bits per heavy atom. The Labute approximate surface area is 114 Å². The van der Waals surface area contributed by atoms with Gasteiger partial charge < -0.3 is 9.80 Å². The number of piperazine rings is 1. The summed E-state index contributed by atoms with van der Waals surface area (Å²) in [6.07, 6.45) is 0. The van der Waals surface area contributed by atoms with Gasteiger partial charge in [0, 0.05) is 38.3 Å². The number of nitro groups is 1. The van der Waals surface area contributed by atoms with Gasteiger partial charge in [-0.2, -0.15) is 0 Å². The van der Waals surface area contributed by atoms with E-state index in [0.717, 1.165) is 36.0 Å². The van der Waals surface area contributed by atoms with Gasteiger partial charge in [-0.3, -0.25) is 10.1 Å². The van der Waals surface area contributed by atoms with Gasteiger partial charge in [0.25, 0.3) is 5.69 Å². The SMILES string of the molecule is CN1CCN(c2nc3cc([N+](=O)[O-])ccc3s2)CC1. The van der Waals surface area contributed by atoms with E-state index < -0.39 is 0 Å². The van der Waals surface area contributed by atoms with Crippen LogP contribution in [0.15, 0.2) is 18.2 Å². The van der Waals surface area contributed by atoms with Crippen molar-refractivity contribution >= 4 is 32.4 Å². The predicted octanol–water partition coefficient (Wildman–Crippen LogP) is 1.96. The molecule has 1 aromatic heterocycles. The molecule has 100 valence electrons. The Morgan fingerprint density at radius 2 is 2.05 bits per heavy atom. The van der Waals surface area contributed by atoms with Crippen LogP contribution in [0, 0.1) is 10.1 Å². The number of benzene rings is 1. The third-order valence-corrected chi connectivity index (χ3v) is 4.44. The van der Waals surface area contributed by atoms with Crippen LogP contribution in [0.4, 0.5) is 10.8 Å². The molecule has 2 aromatic rings. The Balaban J connectivity index is 1.91. The van der Waals surface area contributed by atoms with Gasteiger partial charge in [0.05, 0.1) is 15.1 Å². The van der Waals surface area contributed by atoms with Crippen LogP contribution in [0.5, 0.6) is 0 Å². The summed E-state index contributed by atoms with van der Waals surface area (Å²) in [6, 6.07) is 4.87. The fourth-order valence-electron chi connectivity index (χ4n) is 2.15. The Hall–Kier alpha value is -1.73. The first kappa shape index (κ1) is 12.3. The molecule has 0 radical (unpaired) electrons. The van der Waals surface area contributed by atoms with E-state index in [4.69, 9.17) is 0 Å². The number of hydrogen-bond acceptors (Lipinski definition) is 6. The number of hydrogen-bond donors (Lipinski definition) is 0. The van der Waals surface area contributed by atoms with Crippen molar-refractivity contribution in [3.05, 3.63) is 28.3 Å². The molecular formula is C12H14N4O2S. The number of likely N-dealkylation sites (N-methyl/N-ethyl adjacent to an activating group) is 1. The maximum atomic E-state index is 10.8. The number of rotatable bonds is 2. The lowest BCUT2D eigenvalue weighted by Crippen LogP contribution is -2.44. The highest BCUT2D eigenvalue weighted by Gasteiger charge is 2.18. The van der Waals surface area contributed by atoms with Crippen LogP contribution in [-0.2, 0) is 0 Å². The number of thiazole rings is 1. The second-order valence-electron chi connectivity index (χ2n) is 4.70. The summed E-state index contributed by atoms with van der Waals surface area (Å²) in [6.45, 7) is 3.96. The average molecular weight is 278 g/mol. The lowest BCUT2D eigenvalue weighted by molar-refractivity contribution is -0.384. The predicted molar refractivity (Wildman–Crippen MR) is 76.0 cm³/mol. The zero-order chi connectivity index (χ0) is 13.4. The standard InChI is InChI=1S/C12H14N4O2S/c1-14-4-6-15(7-5-14)12-13-10-8-9(16(17)18)2-3-11(10)19-12/h2-3,8H,4-7H2,1H3. The number of anilines is 1. The monoisotopic (exact) mass is 278 g/mol. The number of aromatic nitrogens is 1. The van der Waals surface area contributed by atoms with Crippen molar-refractivity contribution in [2.45, 2.75) is 0 Å². The van der Waals surface area contributed by atoms with Crippen LogP contribution in [-0.4, -0.2) is 48.0 Å². The highest BCUT2D eigenvalue weighted by Crippen LogP contribution is 2.31. The third-order valence-electron chi connectivity index (χ3n) is 3.34. The molecule has 1 aliphatic heterocycles. The van der Waals surface area contributed by atoms with Crippen LogP contribution in [0.25, 0.3) is 10.2 Å². The smallest absolute Gasteiger partial charge is 0.271 e. The molecule has 0 unspecified atom stereocenters. The quantitative estimate of drug-likeness (QED) is 0.620. The zero-order valence-electron chi connectivity index (χ0n) is 10.6. The minimum absolute atomic E-state index is 0.0997. The normalized spacial score (nSPS) is 17.0. The van der Waals surface area contributed by atoms with E-state index in [1.807, 2.05) is 0 Å². The molecule has 0 atom stereocenters. The summed E-state index contributed by atoms with van der Waals surface area (Å²) in [5.74, 6) is 0. The van der Waals surface area contributed by atoms with Crippen LogP contribution in [0.2, 0.25) is 0 Å². The summed E-state index contributed by atoms with van der Waals surface area (Å²) in [4.78, 5) is 19.4. The molecular weight excluding hydrogens is 264 g/mol. The van der Waals surface area contributed by atoms with Gasteiger partial charge in [-0.25, -0.2) is 4.98 Å². The summed E-state index contributed by atoms with van der Waals surface area (Å²) < 4.78 is 1.000. The Morgan fingerprint density at radius 1 is 1.32 bits per heavy atom. The Kier molecular flexibility index (Phi) is 3.08. The average Bonchev–Trinajstić information content (AvgIpc) is 2.82. The first-order chi connectivity index (χ1) is 9.13. The molecule has 1 fully saturated rings. The molecule has 0 spiro atoms. The van der Waals surface area contributed by atoms with E-state index in [2.05, 4.69) is 21.8 Å². The van der Waals surface area contributed by atoms with Crippen molar-refractivity contribution < 1.29 is 4.92 Å². The number of fused-ring (bicyclic) bond motifs is 1. The lowest BCUT2D eigenvalue weighted by Gasteiger charge is -2.31. The van der Waals surface area contributed by atoms with Crippen molar-refractivity contribution in [1.29, 1.82) is 0 Å². The summed E-state index contributed by atoms with van der Waals surface area (Å²) >= 11 is 1.60. The summed E-state index contributed by atoms with van der Waals surface area (Å²) in [5, 5.41) is 11.7. The van der Waals surface area contributed by atoms with E-state index in [9.17, 15) is 10.1 Å². The molecule has 1 aromatic carbocycles. The van der Waals surface area contributed by atoms with E-state index in [0.29, 0.717) is 5.52 Å². The van der Waals surface area contributed by atoms with E-state index in [1.54, 1.807) is 23.5 Å². The maximum absolute atomic E-state index is 10.8. The topological polar surface area (TPSA) is 62.5 Å². The molecule has 3 rings (SSSR count). The van der Waals surface area contributed by atoms with Crippen molar-refractivity contribution in [3.8, 4) is 0 Å². The molecule has 6 nitrogen and oxygen atoms in total. The highest BCUT2D eigenvalue weighted by molar-refractivity contribution is 7.22. The molecule has 2 heterocycles. The molecule has 0 amide bonds. The first-order valence-electron chi connectivity index (χ1n) is 6.12. The molecule has 1 aliphatic rings. The molecule has 0 N–H and O–H groups in total. The van der Waals surface area contributed by atoms with Crippen molar-refractivity contribution in [3.63, 3.8) is 0 Å². The van der Waals surface area contributed by atoms with E-state index in [1.165, 1.54) is 6.07 Å². The van der Waals surface area contributed by atoms with Crippen molar-refractivity contribution in [1.82, 2.24) is 9.88 Å². The first-order valence-corrected chi connectivity index (χ1v) is 6.93. The highest BCUT2D eigenvalue weighted by atomic mass is 32.1. The van der Waals surface area contributed by atoms with Gasteiger partial charge in [-0.1, -0.05) is 11.3 Å². The molecule has 0 bridgehead atoms. The molecule has 0 aliphatic carbocycles. The largest absolute Gasteiger partial charge is 0.345 e. The van der Waals surface area contributed by atoms with Gasteiger partial charge in [0.15, 0.2) is 5.13 Å². The molecule has 7 heteroatoms. The van der Waals surface area contributed by atoms with Gasteiger partial charge >= 0.3 is 0 Å². The fraction of sp³-hybridized carbons (Fsp3) is 0.417. The molecule has 1 saturated heterocycles. The third kappa shape index (κ3) is 2.39. The number of nitro benzene ring substituents is 1. The lowest BCUT2D eigenvalue weighted by atomic mass is 10.3. The van der Waals surface area contributed by atoms with Crippen LogP contribution >= 0.6 is 11.3 Å². The van der Waals surface area contributed by atoms with Gasteiger partial charge in [-0.05, 0) is 13.1 Å². The van der Waals surface area contributed by atoms with Crippen LogP contribution in [0.1, 0.15) is 0 Å². The maximum Gasteiger partial charge on any atom is 0.271 e. The van der Waals surface area contributed by atoms with Gasteiger partial charge in [0.2, 0.25) is 0 Å².